The van der Waals surface area contributed by atoms with Crippen LogP contribution in [0.5, 0.6) is 5.75 Å². The summed E-state index contributed by atoms with van der Waals surface area (Å²) in [4.78, 5) is 14.7. The summed E-state index contributed by atoms with van der Waals surface area (Å²) in [7, 11) is 0. The first-order chi connectivity index (χ1) is 17.4. The fourth-order valence-electron chi connectivity index (χ4n) is 4.55. The average Bonchev–Trinajstić information content (AvgIpc) is 2.83. The molecule has 1 aromatic heterocycles. The molecule has 2 aromatic carbocycles. The molecule has 0 radical (unpaired) electrons. The number of rotatable bonds is 7. The number of pyridine rings is 1. The number of fused-ring (bicyclic) bond motifs is 1. The lowest BCUT2D eigenvalue weighted by Gasteiger charge is -2.31. The highest BCUT2D eigenvalue weighted by Gasteiger charge is 2.42. The maximum Gasteiger partial charge on any atom is 0.420 e. The van der Waals surface area contributed by atoms with Crippen molar-refractivity contribution in [2.45, 2.75) is 57.2 Å². The molecule has 1 heterocycles. The van der Waals surface area contributed by atoms with E-state index in [4.69, 9.17) is 9.84 Å². The van der Waals surface area contributed by atoms with Crippen LogP contribution in [0.4, 0.5) is 26.3 Å². The van der Waals surface area contributed by atoms with Gasteiger partial charge in [0.15, 0.2) is 0 Å². The Morgan fingerprint density at radius 1 is 0.946 bits per heavy atom. The van der Waals surface area contributed by atoms with E-state index in [-0.39, 0.29) is 42.5 Å². The summed E-state index contributed by atoms with van der Waals surface area (Å²) in [5, 5.41) is 12.3. The quantitative estimate of drug-likeness (QED) is 0.334. The molecule has 0 amide bonds. The van der Waals surface area contributed by atoms with Crippen LogP contribution < -0.4 is 10.1 Å². The molecule has 0 aliphatic heterocycles. The number of aromatic nitrogens is 1. The third kappa shape index (κ3) is 6.51. The van der Waals surface area contributed by atoms with Gasteiger partial charge in [0, 0.05) is 19.3 Å². The van der Waals surface area contributed by atoms with Crippen LogP contribution in [0, 0.1) is 5.92 Å². The van der Waals surface area contributed by atoms with Gasteiger partial charge in [0.1, 0.15) is 17.0 Å². The molecular weight excluding hydrogens is 502 g/mol. The molecule has 3 aromatic rings. The summed E-state index contributed by atoms with van der Waals surface area (Å²) in [5.41, 5.74) is 0.467. The number of halogens is 6. The number of alkyl halides is 6. The van der Waals surface area contributed by atoms with Crippen LogP contribution in [-0.2, 0) is 19.3 Å². The van der Waals surface area contributed by atoms with E-state index in [0.717, 1.165) is 11.1 Å². The molecule has 1 saturated carbocycles. The minimum absolute atomic E-state index is 0.0403. The van der Waals surface area contributed by atoms with E-state index < -0.39 is 35.9 Å². The largest absolute Gasteiger partial charge is 0.490 e. The summed E-state index contributed by atoms with van der Waals surface area (Å²) in [5.74, 6) is -2.95. The minimum atomic E-state index is -4.72. The van der Waals surface area contributed by atoms with E-state index in [9.17, 15) is 31.1 Å². The Bertz CT molecular complexity index is 1250. The Morgan fingerprint density at radius 2 is 1.62 bits per heavy atom. The van der Waals surface area contributed by atoms with E-state index in [2.05, 4.69) is 10.3 Å². The molecule has 0 spiro atoms. The standard InChI is InChI=1S/C26H24F6N2O3/c27-25(28,29)18-4-6-19(7-5-18)37-22-10-3-17-11-15(1-8-20(17)23(22)26(30,31)32)12-33-13-16-2-9-21(24(35)36)34-14-16/h1-3,8-11,14,18-19,33H,4-7,12-13H2,(H,35,36). The number of carboxylic acids is 1. The number of hydrogen-bond donors (Lipinski definition) is 2. The van der Waals surface area contributed by atoms with Gasteiger partial charge in [-0.1, -0.05) is 24.3 Å². The summed E-state index contributed by atoms with van der Waals surface area (Å²) >= 11 is 0. The highest BCUT2D eigenvalue weighted by molar-refractivity contribution is 5.89. The number of nitrogens with zero attached hydrogens (tertiary/aromatic N) is 1. The average molecular weight is 526 g/mol. The van der Waals surface area contributed by atoms with Crippen molar-refractivity contribution in [1.82, 2.24) is 10.3 Å². The Kier molecular flexibility index (Phi) is 7.63. The first kappa shape index (κ1) is 26.7. The van der Waals surface area contributed by atoms with Gasteiger partial charge < -0.3 is 15.2 Å². The molecule has 1 fully saturated rings. The smallest absolute Gasteiger partial charge is 0.420 e. The summed E-state index contributed by atoms with van der Waals surface area (Å²) in [6.45, 7) is 0.723. The zero-order valence-electron chi connectivity index (χ0n) is 19.5. The highest BCUT2D eigenvalue weighted by Crippen LogP contribution is 2.44. The van der Waals surface area contributed by atoms with E-state index in [1.807, 2.05) is 0 Å². The summed E-state index contributed by atoms with van der Waals surface area (Å²) in [6, 6.07) is 10.3. The van der Waals surface area contributed by atoms with Gasteiger partial charge in [0.2, 0.25) is 0 Å². The van der Waals surface area contributed by atoms with Crippen molar-refractivity contribution in [2.24, 2.45) is 5.92 Å². The molecule has 5 nitrogen and oxygen atoms in total. The second-order valence-corrected chi connectivity index (χ2v) is 9.09. The van der Waals surface area contributed by atoms with E-state index in [1.165, 1.54) is 30.5 Å². The van der Waals surface area contributed by atoms with Crippen LogP contribution in [-0.4, -0.2) is 28.3 Å². The first-order valence-corrected chi connectivity index (χ1v) is 11.7. The predicted octanol–water partition coefficient (Wildman–Crippen LogP) is 6.74. The zero-order valence-corrected chi connectivity index (χ0v) is 19.5. The second-order valence-electron chi connectivity index (χ2n) is 9.09. The fraction of sp³-hybridized carbons (Fsp3) is 0.385. The molecule has 37 heavy (non-hydrogen) atoms. The number of hydrogen-bond acceptors (Lipinski definition) is 4. The van der Waals surface area contributed by atoms with E-state index in [1.54, 1.807) is 18.2 Å². The third-order valence-corrected chi connectivity index (χ3v) is 6.46. The summed E-state index contributed by atoms with van der Waals surface area (Å²) < 4.78 is 86.4. The van der Waals surface area contributed by atoms with Crippen LogP contribution in [0.1, 0.15) is 52.9 Å². The molecule has 1 aliphatic carbocycles. The topological polar surface area (TPSA) is 71.5 Å². The number of nitrogens with one attached hydrogen (secondary N) is 1. The fourth-order valence-corrected chi connectivity index (χ4v) is 4.55. The van der Waals surface area contributed by atoms with Crippen molar-refractivity contribution >= 4 is 16.7 Å². The molecule has 0 atom stereocenters. The molecule has 11 heteroatoms. The zero-order chi connectivity index (χ0) is 26.8. The van der Waals surface area contributed by atoms with Gasteiger partial charge in [-0.05, 0) is 65.8 Å². The van der Waals surface area contributed by atoms with Crippen molar-refractivity contribution in [3.05, 3.63) is 71.0 Å². The second kappa shape index (κ2) is 10.6. The van der Waals surface area contributed by atoms with Gasteiger partial charge in [-0.3, -0.25) is 0 Å². The first-order valence-electron chi connectivity index (χ1n) is 11.7. The van der Waals surface area contributed by atoms with Crippen LogP contribution in [0.15, 0.2) is 48.7 Å². The number of ether oxygens (including phenoxy) is 1. The molecule has 2 N–H and O–H groups in total. The Hall–Kier alpha value is -3.34. The van der Waals surface area contributed by atoms with Crippen molar-refractivity contribution < 1.29 is 41.0 Å². The van der Waals surface area contributed by atoms with Crippen LogP contribution in [0.25, 0.3) is 10.8 Å². The molecule has 198 valence electrons. The maximum absolute atomic E-state index is 14.0. The highest BCUT2D eigenvalue weighted by atomic mass is 19.4. The maximum atomic E-state index is 14.0. The number of carbonyl (C=O) groups is 1. The minimum Gasteiger partial charge on any atom is -0.490 e. The Labute approximate surface area is 208 Å². The third-order valence-electron chi connectivity index (χ3n) is 6.46. The molecule has 1 aliphatic rings. The van der Waals surface area contributed by atoms with Crippen molar-refractivity contribution in [1.29, 1.82) is 0 Å². The van der Waals surface area contributed by atoms with E-state index >= 15 is 0 Å². The molecular formula is C26H24F6N2O3. The van der Waals surface area contributed by atoms with Gasteiger partial charge >= 0.3 is 18.3 Å². The predicted molar refractivity (Wildman–Crippen MR) is 123 cm³/mol. The van der Waals surface area contributed by atoms with Crippen molar-refractivity contribution in [2.75, 3.05) is 0 Å². The Balaban J connectivity index is 1.46. The van der Waals surface area contributed by atoms with Gasteiger partial charge in [-0.15, -0.1) is 0 Å². The SMILES string of the molecule is O=C(O)c1ccc(CNCc2ccc3c(C(F)(F)F)c(OC4CCC(C(F)(F)F)CC4)ccc3c2)cn1. The normalized spacial score (nSPS) is 18.6. The monoisotopic (exact) mass is 526 g/mol. The number of aromatic carboxylic acids is 1. The Morgan fingerprint density at radius 3 is 2.22 bits per heavy atom. The molecule has 0 unspecified atom stereocenters. The molecule has 0 bridgehead atoms. The lowest BCUT2D eigenvalue weighted by molar-refractivity contribution is -0.185. The lowest BCUT2D eigenvalue weighted by atomic mass is 9.87. The van der Waals surface area contributed by atoms with Gasteiger partial charge in [0.25, 0.3) is 0 Å². The lowest BCUT2D eigenvalue weighted by Crippen LogP contribution is -2.32. The van der Waals surface area contributed by atoms with Crippen molar-refractivity contribution in [3.8, 4) is 5.75 Å². The molecule has 4 rings (SSSR count). The number of carboxylic acid groups (broad SMARTS) is 1. The van der Waals surface area contributed by atoms with E-state index in [0.29, 0.717) is 18.5 Å². The van der Waals surface area contributed by atoms with Gasteiger partial charge in [0.05, 0.1) is 12.0 Å². The van der Waals surface area contributed by atoms with Gasteiger partial charge in [-0.2, -0.15) is 26.3 Å². The van der Waals surface area contributed by atoms with Crippen molar-refractivity contribution in [3.63, 3.8) is 0 Å². The van der Waals surface area contributed by atoms with Crippen LogP contribution in [0.3, 0.4) is 0 Å². The van der Waals surface area contributed by atoms with Crippen LogP contribution >= 0.6 is 0 Å². The van der Waals surface area contributed by atoms with Crippen LogP contribution in [0.2, 0.25) is 0 Å². The number of benzene rings is 2. The van der Waals surface area contributed by atoms with Gasteiger partial charge in [-0.25, -0.2) is 9.78 Å². The molecule has 0 saturated heterocycles. The summed E-state index contributed by atoms with van der Waals surface area (Å²) in [6.07, 6.45) is -8.55.